The zero-order chi connectivity index (χ0) is 15.5. The highest BCUT2D eigenvalue weighted by atomic mass is 16.1. The molecule has 1 aliphatic heterocycles. The molecule has 5 heteroatoms. The molecule has 0 aliphatic carbocycles. The zero-order valence-corrected chi connectivity index (χ0v) is 13.5. The minimum Gasteiger partial charge on any atom is -0.329 e. The molecule has 1 aromatic carbocycles. The standard InChI is InChI=1S/C17H24N4O/c1-3-6-17(22)18-13-7-8-15-14(11-13)19-16(20(15)2)12-21-9-4-5-10-21/h7-8,11H,3-6,9-10,12H2,1-2H3,(H,18,22)/p+1. The largest absolute Gasteiger partial charge is 0.329 e. The lowest BCUT2D eigenvalue weighted by molar-refractivity contribution is -0.902. The molecule has 1 fully saturated rings. The number of aryl methyl sites for hydroxylation is 1. The van der Waals surface area contributed by atoms with Gasteiger partial charge in [-0.3, -0.25) is 4.79 Å². The Morgan fingerprint density at radius 2 is 2.14 bits per heavy atom. The van der Waals surface area contributed by atoms with E-state index in [0.717, 1.165) is 35.5 Å². The van der Waals surface area contributed by atoms with Crippen LogP contribution in [0.1, 0.15) is 38.4 Å². The number of rotatable bonds is 5. The van der Waals surface area contributed by atoms with E-state index in [9.17, 15) is 4.79 Å². The van der Waals surface area contributed by atoms with Crippen LogP contribution in [0.25, 0.3) is 11.0 Å². The van der Waals surface area contributed by atoms with Crippen LogP contribution in [0.15, 0.2) is 18.2 Å². The molecule has 118 valence electrons. The lowest BCUT2D eigenvalue weighted by Gasteiger charge is -2.11. The summed E-state index contributed by atoms with van der Waals surface area (Å²) in [6.45, 7) is 5.50. The van der Waals surface area contributed by atoms with Crippen molar-refractivity contribution in [3.05, 3.63) is 24.0 Å². The Morgan fingerprint density at radius 1 is 1.36 bits per heavy atom. The second-order valence-electron chi connectivity index (χ2n) is 6.22. The number of nitrogens with one attached hydrogen (secondary N) is 2. The first-order chi connectivity index (χ1) is 10.7. The number of quaternary nitrogens is 1. The maximum absolute atomic E-state index is 11.7. The molecule has 1 amide bonds. The highest BCUT2D eigenvalue weighted by molar-refractivity contribution is 5.93. The third kappa shape index (κ3) is 3.14. The first-order valence-corrected chi connectivity index (χ1v) is 8.26. The van der Waals surface area contributed by atoms with Gasteiger partial charge in [0.1, 0.15) is 6.54 Å². The van der Waals surface area contributed by atoms with Crippen molar-refractivity contribution in [2.24, 2.45) is 7.05 Å². The van der Waals surface area contributed by atoms with E-state index in [1.807, 2.05) is 25.1 Å². The van der Waals surface area contributed by atoms with Crippen LogP contribution in [0.3, 0.4) is 0 Å². The van der Waals surface area contributed by atoms with Gasteiger partial charge in [-0.05, 0) is 24.6 Å². The fraction of sp³-hybridized carbons (Fsp3) is 0.529. The molecule has 0 bridgehead atoms. The van der Waals surface area contributed by atoms with Gasteiger partial charge in [-0.25, -0.2) is 4.98 Å². The summed E-state index contributed by atoms with van der Waals surface area (Å²) in [6, 6.07) is 5.99. The molecule has 5 nitrogen and oxygen atoms in total. The van der Waals surface area contributed by atoms with Gasteiger partial charge in [0.2, 0.25) is 5.91 Å². The maximum atomic E-state index is 11.7. The van der Waals surface area contributed by atoms with Crippen LogP contribution in [0.4, 0.5) is 5.69 Å². The first kappa shape index (κ1) is 15.0. The number of carbonyl (C=O) groups is 1. The van der Waals surface area contributed by atoms with Gasteiger partial charge in [0.15, 0.2) is 5.82 Å². The second kappa shape index (κ2) is 6.48. The molecule has 3 rings (SSSR count). The minimum absolute atomic E-state index is 0.0690. The van der Waals surface area contributed by atoms with Gasteiger partial charge in [-0.15, -0.1) is 0 Å². The Kier molecular flexibility index (Phi) is 4.43. The lowest BCUT2D eigenvalue weighted by atomic mass is 10.2. The Labute approximate surface area is 131 Å². The van der Waals surface area contributed by atoms with Gasteiger partial charge in [0.25, 0.3) is 0 Å². The van der Waals surface area contributed by atoms with Gasteiger partial charge in [0, 0.05) is 32.0 Å². The predicted molar refractivity (Wildman–Crippen MR) is 87.9 cm³/mol. The van der Waals surface area contributed by atoms with E-state index in [4.69, 9.17) is 4.98 Å². The van der Waals surface area contributed by atoms with Crippen molar-refractivity contribution in [2.45, 2.75) is 39.2 Å². The SMILES string of the molecule is CCCC(=O)Nc1ccc2c(c1)nc(C[NH+]1CCCC1)n2C. The van der Waals surface area contributed by atoms with Gasteiger partial charge in [-0.1, -0.05) is 6.92 Å². The number of hydrogen-bond donors (Lipinski definition) is 2. The zero-order valence-electron chi connectivity index (χ0n) is 13.5. The third-order valence-corrected chi connectivity index (χ3v) is 4.45. The Balaban J connectivity index is 1.81. The number of fused-ring (bicyclic) bond motifs is 1. The molecule has 2 N–H and O–H groups in total. The van der Waals surface area contributed by atoms with E-state index >= 15 is 0 Å². The predicted octanol–water partition coefficient (Wildman–Crippen LogP) is 1.49. The molecule has 0 atom stereocenters. The maximum Gasteiger partial charge on any atom is 0.224 e. The summed E-state index contributed by atoms with van der Waals surface area (Å²) < 4.78 is 2.18. The van der Waals surface area contributed by atoms with Crippen LogP contribution in [-0.2, 0) is 18.4 Å². The summed E-state index contributed by atoms with van der Waals surface area (Å²) in [4.78, 5) is 18.1. The van der Waals surface area contributed by atoms with Crippen LogP contribution in [0.5, 0.6) is 0 Å². The quantitative estimate of drug-likeness (QED) is 0.879. The summed E-state index contributed by atoms with van der Waals surface area (Å²) in [7, 11) is 2.08. The number of nitrogens with zero attached hydrogens (tertiary/aromatic N) is 2. The van der Waals surface area contributed by atoms with Crippen molar-refractivity contribution in [3.8, 4) is 0 Å². The number of likely N-dealkylation sites (tertiary alicyclic amines) is 1. The molecule has 1 aliphatic rings. The molecule has 1 saturated heterocycles. The first-order valence-electron chi connectivity index (χ1n) is 8.26. The summed E-state index contributed by atoms with van der Waals surface area (Å²) in [5.41, 5.74) is 2.93. The number of carbonyl (C=O) groups excluding carboxylic acids is 1. The van der Waals surface area contributed by atoms with Crippen LogP contribution in [-0.4, -0.2) is 28.5 Å². The molecule has 0 spiro atoms. The highest BCUT2D eigenvalue weighted by Gasteiger charge is 2.19. The molecule has 1 aromatic heterocycles. The number of imidazole rings is 1. The third-order valence-electron chi connectivity index (χ3n) is 4.45. The van der Waals surface area contributed by atoms with Gasteiger partial charge >= 0.3 is 0 Å². The monoisotopic (exact) mass is 301 g/mol. The fourth-order valence-electron chi connectivity index (χ4n) is 3.21. The van der Waals surface area contributed by atoms with E-state index in [0.29, 0.717) is 6.42 Å². The molecular formula is C17H25N4O+. The molecule has 2 aromatic rings. The fourth-order valence-corrected chi connectivity index (χ4v) is 3.21. The van der Waals surface area contributed by atoms with Crippen molar-refractivity contribution in [1.82, 2.24) is 9.55 Å². The van der Waals surface area contributed by atoms with Gasteiger partial charge in [0.05, 0.1) is 24.1 Å². The van der Waals surface area contributed by atoms with Crippen molar-refractivity contribution in [2.75, 3.05) is 18.4 Å². The average molecular weight is 301 g/mol. The normalized spacial score (nSPS) is 15.5. The van der Waals surface area contributed by atoms with Crippen molar-refractivity contribution >= 4 is 22.6 Å². The molecule has 0 radical (unpaired) electrons. The summed E-state index contributed by atoms with van der Waals surface area (Å²) in [5.74, 6) is 1.20. The molecule has 0 unspecified atom stereocenters. The number of benzene rings is 1. The van der Waals surface area contributed by atoms with E-state index in [1.54, 1.807) is 4.90 Å². The van der Waals surface area contributed by atoms with E-state index in [-0.39, 0.29) is 5.91 Å². The molecule has 2 heterocycles. The van der Waals surface area contributed by atoms with E-state index in [2.05, 4.69) is 16.9 Å². The van der Waals surface area contributed by atoms with Crippen molar-refractivity contribution in [3.63, 3.8) is 0 Å². The number of hydrogen-bond acceptors (Lipinski definition) is 2. The number of aromatic nitrogens is 2. The number of anilines is 1. The Morgan fingerprint density at radius 3 is 2.86 bits per heavy atom. The average Bonchev–Trinajstić information content (AvgIpc) is 3.09. The Hall–Kier alpha value is -1.88. The summed E-state index contributed by atoms with van der Waals surface area (Å²) in [5, 5.41) is 2.94. The highest BCUT2D eigenvalue weighted by Crippen LogP contribution is 2.19. The van der Waals surface area contributed by atoms with Gasteiger partial charge in [-0.2, -0.15) is 0 Å². The number of amides is 1. The van der Waals surface area contributed by atoms with Crippen LogP contribution < -0.4 is 10.2 Å². The van der Waals surface area contributed by atoms with E-state index in [1.165, 1.54) is 25.9 Å². The smallest absolute Gasteiger partial charge is 0.224 e. The van der Waals surface area contributed by atoms with Crippen LogP contribution in [0, 0.1) is 0 Å². The van der Waals surface area contributed by atoms with Crippen molar-refractivity contribution < 1.29 is 9.69 Å². The van der Waals surface area contributed by atoms with Crippen LogP contribution >= 0.6 is 0 Å². The van der Waals surface area contributed by atoms with Crippen LogP contribution in [0.2, 0.25) is 0 Å². The topological polar surface area (TPSA) is 51.4 Å². The second-order valence-corrected chi connectivity index (χ2v) is 6.22. The van der Waals surface area contributed by atoms with Gasteiger partial charge < -0.3 is 14.8 Å². The summed E-state index contributed by atoms with van der Waals surface area (Å²) >= 11 is 0. The van der Waals surface area contributed by atoms with E-state index < -0.39 is 0 Å². The lowest BCUT2D eigenvalue weighted by Crippen LogP contribution is -3.08. The molecule has 0 saturated carbocycles. The Bertz CT molecular complexity index is 671. The molecular weight excluding hydrogens is 276 g/mol. The molecule has 22 heavy (non-hydrogen) atoms. The van der Waals surface area contributed by atoms with Crippen molar-refractivity contribution in [1.29, 1.82) is 0 Å². The summed E-state index contributed by atoms with van der Waals surface area (Å²) in [6.07, 6.45) is 4.07. The minimum atomic E-state index is 0.0690.